The first-order valence-electron chi connectivity index (χ1n) is 2.70. The van der Waals surface area contributed by atoms with Crippen molar-refractivity contribution in [3.63, 3.8) is 0 Å². The summed E-state index contributed by atoms with van der Waals surface area (Å²) in [6, 6.07) is 0. The molecule has 0 rings (SSSR count). The van der Waals surface area contributed by atoms with Crippen molar-refractivity contribution in [2.75, 3.05) is 5.75 Å². The maximum atomic E-state index is 9.93. The average molecular weight is 206 g/mol. The fourth-order valence-electron chi connectivity index (χ4n) is 0.408. The Hall–Kier alpha value is 0.299. The predicted molar refractivity (Wildman–Crippen MR) is 36.7 cm³/mol. The van der Waals surface area contributed by atoms with Crippen LogP contribution >= 0.6 is 12.6 Å². The van der Waals surface area contributed by atoms with Crippen LogP contribution < -0.4 is 0 Å². The molecule has 5 heteroatoms. The molecular weight excluding hydrogens is 196 g/mol. The standard InChI is InChI=1S/C5H10O3S.Fe/c6-4(5(7)8)2-1-3-9;/h4,6,9H,1-3H2,(H,7,8);. The van der Waals surface area contributed by atoms with E-state index in [1.807, 2.05) is 0 Å². The predicted octanol–water partition coefficient (Wildman–Crippen LogP) is 0.139. The van der Waals surface area contributed by atoms with E-state index < -0.39 is 12.1 Å². The van der Waals surface area contributed by atoms with Gasteiger partial charge in [-0.15, -0.1) is 0 Å². The molecule has 0 amide bonds. The van der Waals surface area contributed by atoms with Crippen LogP contribution in [0.5, 0.6) is 0 Å². The zero-order valence-corrected chi connectivity index (χ0v) is 7.30. The van der Waals surface area contributed by atoms with Crippen molar-refractivity contribution in [1.82, 2.24) is 0 Å². The monoisotopic (exact) mass is 206 g/mol. The van der Waals surface area contributed by atoms with Gasteiger partial charge in [0.25, 0.3) is 0 Å². The zero-order valence-electron chi connectivity index (χ0n) is 5.30. The number of rotatable bonds is 4. The van der Waals surface area contributed by atoms with Gasteiger partial charge in [-0.2, -0.15) is 12.6 Å². The Morgan fingerprint density at radius 3 is 2.40 bits per heavy atom. The van der Waals surface area contributed by atoms with Gasteiger partial charge in [0.05, 0.1) is 0 Å². The van der Waals surface area contributed by atoms with Crippen LogP contribution in [0, 0.1) is 0 Å². The molecule has 1 unspecified atom stereocenters. The summed E-state index contributed by atoms with van der Waals surface area (Å²) in [4.78, 5) is 9.93. The number of carboxylic acids is 1. The van der Waals surface area contributed by atoms with E-state index in [1.165, 1.54) is 0 Å². The third-order valence-corrected chi connectivity index (χ3v) is 1.24. The van der Waals surface area contributed by atoms with Gasteiger partial charge in [-0.05, 0) is 18.6 Å². The third-order valence-electron chi connectivity index (χ3n) is 0.921. The van der Waals surface area contributed by atoms with Crippen LogP contribution in [0.3, 0.4) is 0 Å². The van der Waals surface area contributed by atoms with Gasteiger partial charge in [-0.25, -0.2) is 4.79 Å². The maximum absolute atomic E-state index is 9.93. The van der Waals surface area contributed by atoms with Crippen molar-refractivity contribution in [3.8, 4) is 0 Å². The molecule has 0 saturated carbocycles. The molecule has 3 nitrogen and oxygen atoms in total. The van der Waals surface area contributed by atoms with Crippen molar-refractivity contribution in [2.24, 2.45) is 0 Å². The minimum atomic E-state index is -1.21. The summed E-state index contributed by atoms with van der Waals surface area (Å²) in [6.07, 6.45) is -0.285. The maximum Gasteiger partial charge on any atom is 0.332 e. The van der Waals surface area contributed by atoms with Gasteiger partial charge in [0.1, 0.15) is 0 Å². The first-order valence-corrected chi connectivity index (χ1v) is 3.33. The normalized spacial score (nSPS) is 11.8. The first-order chi connectivity index (χ1) is 4.18. The fourth-order valence-corrected chi connectivity index (χ4v) is 0.591. The molecule has 10 heavy (non-hydrogen) atoms. The Morgan fingerprint density at radius 2 is 2.10 bits per heavy atom. The van der Waals surface area contributed by atoms with Crippen LogP contribution in [0.4, 0.5) is 0 Å². The molecule has 0 aromatic carbocycles. The van der Waals surface area contributed by atoms with Crippen LogP contribution in [0.15, 0.2) is 0 Å². The number of hydrogen-bond donors (Lipinski definition) is 3. The average Bonchev–Trinajstić information content (AvgIpc) is 1.82. The van der Waals surface area contributed by atoms with Crippen molar-refractivity contribution < 1.29 is 32.1 Å². The van der Waals surface area contributed by atoms with E-state index in [1.54, 1.807) is 0 Å². The van der Waals surface area contributed by atoms with Crippen molar-refractivity contribution in [3.05, 3.63) is 0 Å². The molecule has 0 aliphatic rings. The molecule has 0 radical (unpaired) electrons. The smallest absolute Gasteiger partial charge is 0.332 e. The van der Waals surface area contributed by atoms with Crippen LogP contribution in [-0.2, 0) is 21.9 Å². The van der Waals surface area contributed by atoms with Crippen molar-refractivity contribution >= 4 is 18.6 Å². The summed E-state index contributed by atoms with van der Waals surface area (Å²) >= 11 is 3.86. The van der Waals surface area contributed by atoms with Gasteiger partial charge in [0.15, 0.2) is 6.10 Å². The first kappa shape index (κ1) is 12.9. The van der Waals surface area contributed by atoms with E-state index in [-0.39, 0.29) is 17.1 Å². The van der Waals surface area contributed by atoms with Gasteiger partial charge in [-0.1, -0.05) is 0 Å². The molecule has 0 bridgehead atoms. The minimum Gasteiger partial charge on any atom is -0.479 e. The van der Waals surface area contributed by atoms with E-state index in [4.69, 9.17) is 10.2 Å². The minimum absolute atomic E-state index is 0. The number of aliphatic carboxylic acids is 1. The fraction of sp³-hybridized carbons (Fsp3) is 0.800. The second-order valence-electron chi connectivity index (χ2n) is 1.72. The van der Waals surface area contributed by atoms with Crippen LogP contribution in [0.1, 0.15) is 12.8 Å². The molecule has 0 spiro atoms. The van der Waals surface area contributed by atoms with Crippen LogP contribution in [0.25, 0.3) is 0 Å². The second kappa shape index (κ2) is 7.41. The topological polar surface area (TPSA) is 57.5 Å². The number of aliphatic hydroxyl groups is 1. The summed E-state index contributed by atoms with van der Waals surface area (Å²) in [7, 11) is 0. The number of thiol groups is 1. The Bertz CT molecular complexity index is 98.9. The van der Waals surface area contributed by atoms with Gasteiger partial charge >= 0.3 is 5.97 Å². The number of carbonyl (C=O) groups is 1. The molecule has 0 aromatic rings. The molecule has 0 aromatic heterocycles. The van der Waals surface area contributed by atoms with E-state index in [0.29, 0.717) is 18.6 Å². The molecule has 0 heterocycles. The number of carboxylic acid groups (broad SMARTS) is 1. The Balaban J connectivity index is 0. The SMILES string of the molecule is O=C(O)C(O)CCCS.[Fe]. The number of aliphatic hydroxyl groups excluding tert-OH is 1. The quantitative estimate of drug-likeness (QED) is 0.453. The molecule has 0 fully saturated rings. The van der Waals surface area contributed by atoms with E-state index in [9.17, 15) is 4.79 Å². The second-order valence-corrected chi connectivity index (χ2v) is 2.17. The Morgan fingerprint density at radius 1 is 1.60 bits per heavy atom. The summed E-state index contributed by atoms with van der Waals surface area (Å²) < 4.78 is 0. The summed E-state index contributed by atoms with van der Waals surface area (Å²) in [5.74, 6) is -0.540. The van der Waals surface area contributed by atoms with Gasteiger partial charge < -0.3 is 10.2 Å². The van der Waals surface area contributed by atoms with Gasteiger partial charge in [-0.3, -0.25) is 0 Å². The third kappa shape index (κ3) is 6.42. The van der Waals surface area contributed by atoms with Crippen LogP contribution in [-0.4, -0.2) is 28.0 Å². The zero-order chi connectivity index (χ0) is 7.28. The summed E-state index contributed by atoms with van der Waals surface area (Å²) in [5, 5.41) is 16.8. The molecule has 2 N–H and O–H groups in total. The van der Waals surface area contributed by atoms with Crippen LogP contribution in [0.2, 0.25) is 0 Å². The van der Waals surface area contributed by atoms with Crippen molar-refractivity contribution in [1.29, 1.82) is 0 Å². The van der Waals surface area contributed by atoms with Gasteiger partial charge in [0.2, 0.25) is 0 Å². The Kier molecular flexibility index (Phi) is 9.58. The van der Waals surface area contributed by atoms with E-state index in [2.05, 4.69) is 12.6 Å². The molecule has 0 aliphatic carbocycles. The Labute approximate surface area is 75.7 Å². The molecule has 0 aliphatic heterocycles. The van der Waals surface area contributed by atoms with Crippen molar-refractivity contribution in [2.45, 2.75) is 18.9 Å². The summed E-state index contributed by atoms with van der Waals surface area (Å²) in [5.41, 5.74) is 0. The summed E-state index contributed by atoms with van der Waals surface area (Å²) in [6.45, 7) is 0. The molecule has 1 atom stereocenters. The van der Waals surface area contributed by atoms with Gasteiger partial charge in [0, 0.05) is 17.1 Å². The van der Waals surface area contributed by atoms with E-state index >= 15 is 0 Å². The molecular formula is C5H10FeO3S. The number of hydrogen-bond acceptors (Lipinski definition) is 3. The van der Waals surface area contributed by atoms with E-state index in [0.717, 1.165) is 0 Å². The molecule has 62 valence electrons. The largest absolute Gasteiger partial charge is 0.479 e. The molecule has 0 saturated heterocycles.